The van der Waals surface area contributed by atoms with E-state index in [9.17, 15) is 27.6 Å². The van der Waals surface area contributed by atoms with Crippen LogP contribution in [0, 0.1) is 50.4 Å². The number of likely N-dealkylation sites (tertiary alicyclic amines) is 2. The fraction of sp³-hybridized carbons (Fsp3) is 0.429. The van der Waals surface area contributed by atoms with Crippen molar-refractivity contribution in [1.82, 2.24) is 40.0 Å². The van der Waals surface area contributed by atoms with Crippen molar-refractivity contribution in [3.63, 3.8) is 0 Å². The predicted octanol–water partition coefficient (Wildman–Crippen LogP) is 11.9. The fourth-order valence-corrected chi connectivity index (χ4v) is 10.8. The van der Waals surface area contributed by atoms with Crippen LogP contribution in [0.25, 0.3) is 22.8 Å². The molecular formula is C63H73F3N10O5. The van der Waals surface area contributed by atoms with Gasteiger partial charge in [0.05, 0.1) is 52.6 Å². The van der Waals surface area contributed by atoms with Gasteiger partial charge in [0.25, 0.3) is 11.8 Å². The molecule has 426 valence electrons. The molecule has 0 aliphatic carbocycles. The van der Waals surface area contributed by atoms with Gasteiger partial charge in [0.2, 0.25) is 6.29 Å². The second kappa shape index (κ2) is 26.5. The number of aldehydes is 1. The van der Waals surface area contributed by atoms with Gasteiger partial charge in [-0.05, 0) is 156 Å². The first kappa shape index (κ1) is 59.0. The van der Waals surface area contributed by atoms with Crippen LogP contribution in [0.2, 0.25) is 0 Å². The van der Waals surface area contributed by atoms with Gasteiger partial charge in [-0.3, -0.25) is 14.4 Å². The number of nitrogens with one attached hydrogen (secondary N) is 3. The van der Waals surface area contributed by atoms with Crippen LogP contribution < -0.4 is 5.32 Å². The summed E-state index contributed by atoms with van der Waals surface area (Å²) in [6.45, 7) is 21.6. The van der Waals surface area contributed by atoms with E-state index in [4.69, 9.17) is 31.4 Å². The Hall–Kier alpha value is -8.09. The Morgan fingerprint density at radius 3 is 1.48 bits per heavy atom. The topological polar surface area (TPSA) is 204 Å². The average Bonchev–Trinajstić information content (AvgIpc) is 3.95. The molecule has 4 aliphatic rings. The van der Waals surface area contributed by atoms with E-state index < -0.39 is 18.1 Å². The first-order chi connectivity index (χ1) is 39.0. The third-order valence-corrected chi connectivity index (χ3v) is 15.0. The molecule has 0 bridgehead atoms. The molecular weight excluding hydrogens is 1030 g/mol. The van der Waals surface area contributed by atoms with Crippen LogP contribution >= 0.6 is 0 Å². The van der Waals surface area contributed by atoms with E-state index in [2.05, 4.69) is 58.6 Å². The summed E-state index contributed by atoms with van der Waals surface area (Å²) in [5, 5.41) is 21.5. The van der Waals surface area contributed by atoms with Gasteiger partial charge in [-0.15, -0.1) is 0 Å². The number of benzene rings is 4. The van der Waals surface area contributed by atoms with Gasteiger partial charge >= 0.3 is 12.3 Å². The molecule has 0 spiro atoms. The number of aromatic nitrogens is 4. The van der Waals surface area contributed by atoms with Crippen molar-refractivity contribution in [3.8, 4) is 34.9 Å². The van der Waals surface area contributed by atoms with Gasteiger partial charge in [0.1, 0.15) is 17.2 Å². The molecule has 0 radical (unpaired) electrons. The van der Waals surface area contributed by atoms with Crippen LogP contribution in [0.15, 0.2) is 72.8 Å². The lowest BCUT2D eigenvalue weighted by Gasteiger charge is -2.32. The molecule has 81 heavy (non-hydrogen) atoms. The monoisotopic (exact) mass is 1110 g/mol. The number of aromatic amines is 2. The molecule has 4 aliphatic heterocycles. The second-order valence-electron chi connectivity index (χ2n) is 21.8. The number of fused-ring (bicyclic) bond motifs is 2. The Morgan fingerprint density at radius 1 is 0.667 bits per heavy atom. The molecule has 0 saturated carbocycles. The number of alkyl halides is 3. The highest BCUT2D eigenvalue weighted by atomic mass is 19.4. The second-order valence-corrected chi connectivity index (χ2v) is 21.8. The summed E-state index contributed by atoms with van der Waals surface area (Å²) in [5.74, 6) is 2.55. The van der Waals surface area contributed by atoms with Crippen molar-refractivity contribution < 1.29 is 38.5 Å². The van der Waals surface area contributed by atoms with Crippen LogP contribution in [0.3, 0.4) is 0 Å². The van der Waals surface area contributed by atoms with Crippen LogP contribution in [0.1, 0.15) is 161 Å². The minimum absolute atomic E-state index is 0.0458. The van der Waals surface area contributed by atoms with Crippen LogP contribution in [0.5, 0.6) is 0 Å². The van der Waals surface area contributed by atoms with Crippen molar-refractivity contribution in [3.05, 3.63) is 151 Å². The number of hydrogen-bond donors (Lipinski definition) is 3. The maximum absolute atomic E-state index is 13.7. The molecule has 0 atom stereocenters. The van der Waals surface area contributed by atoms with E-state index in [0.717, 1.165) is 132 Å². The number of carbonyl (C=O) groups excluding carboxylic acids is 4. The zero-order valence-electron chi connectivity index (χ0n) is 48.6. The molecule has 2 aromatic heterocycles. The highest BCUT2D eigenvalue weighted by Gasteiger charge is 2.31. The molecule has 15 nitrogen and oxygen atoms in total. The zero-order chi connectivity index (χ0) is 59.5. The van der Waals surface area contributed by atoms with Gasteiger partial charge in [0, 0.05) is 82.3 Å². The Balaban J connectivity index is 0.000000208. The number of piperidine rings is 2. The summed E-state index contributed by atoms with van der Waals surface area (Å²) in [6.07, 6.45) is -0.778. The molecule has 6 heterocycles. The van der Waals surface area contributed by atoms with Crippen molar-refractivity contribution in [1.29, 1.82) is 10.5 Å². The molecule has 4 aromatic carbocycles. The summed E-state index contributed by atoms with van der Waals surface area (Å²) in [6, 6.07) is 28.2. The van der Waals surface area contributed by atoms with E-state index in [1.807, 2.05) is 99.9 Å². The van der Waals surface area contributed by atoms with Gasteiger partial charge in [-0.1, -0.05) is 50.2 Å². The first-order valence-corrected chi connectivity index (χ1v) is 27.5. The van der Waals surface area contributed by atoms with Gasteiger partial charge in [0.15, 0.2) is 0 Å². The number of hydrogen-bond acceptors (Lipinski definition) is 10. The highest BCUT2D eigenvalue weighted by molar-refractivity contribution is 5.98. The normalized spacial score (nSPS) is 15.6. The summed E-state index contributed by atoms with van der Waals surface area (Å²) in [5.41, 5.74) is 14.9. The summed E-state index contributed by atoms with van der Waals surface area (Å²) in [4.78, 5) is 70.7. The standard InChI is InChI=1S/C32H37N5O3.C27H29N5O.C2HF3O.C2H6/c1-20-16-21(2)26(30(38)36-13-10-24(11-14-36)23-8-6-22(18-33)7-9-23)17-25(20)29-34-27-12-15-37(19-28(27)35-29)31(39)40-32(3,4)5;1-17-13-18(2)23(14-22(17)26-30-24-7-10-29-16-25(24)31-26)27(33)32-11-8-21(9-12-32)20-5-3-19(15-28)4-6-20;3-2(4,5)1-6;1-2/h6-9,16-17,24H,10-15,19H2,1-5H3,(H,34,35);3-6,13-14,21,29H,7-12,16H2,1-2H3,(H,30,31);1H;1-2H3/i;;;1D. The summed E-state index contributed by atoms with van der Waals surface area (Å²) >= 11 is 0. The fourth-order valence-electron chi connectivity index (χ4n) is 10.8. The maximum Gasteiger partial charge on any atom is 0.446 e. The molecule has 3 amide bonds. The molecule has 6 aromatic rings. The quantitative estimate of drug-likeness (QED) is 0.135. The highest BCUT2D eigenvalue weighted by Crippen LogP contribution is 2.34. The zero-order valence-corrected chi connectivity index (χ0v) is 47.6. The van der Waals surface area contributed by atoms with E-state index in [0.29, 0.717) is 68.0 Å². The van der Waals surface area contributed by atoms with E-state index in [1.165, 1.54) is 11.1 Å². The first-order valence-electron chi connectivity index (χ1n) is 28.2. The van der Waals surface area contributed by atoms with Crippen molar-refractivity contribution in [2.24, 2.45) is 0 Å². The number of imidazole rings is 2. The Morgan fingerprint density at radius 2 is 1.09 bits per heavy atom. The lowest BCUT2D eigenvalue weighted by Crippen LogP contribution is -2.39. The van der Waals surface area contributed by atoms with E-state index in [1.54, 1.807) is 11.8 Å². The molecule has 10 rings (SSSR count). The lowest BCUT2D eigenvalue weighted by atomic mass is 9.88. The lowest BCUT2D eigenvalue weighted by molar-refractivity contribution is -0.156. The number of amides is 3. The number of nitriles is 2. The third kappa shape index (κ3) is 15.2. The SMILES string of the molecule is Cc1cc(C)c(-c2nc3c([nH]2)CN(C(=O)OC(C)(C)C)CC3)cc1C(=O)N1CCC(c2ccc(C#N)cc2)CC1.Cc1cc(C)c(-c2nc3c([nH]2)CNCC3)cc1C(=O)N1CCC(c2ccc(C#N)cc2)CC1.O=CC(F)(F)F.[2H]CC. The van der Waals surface area contributed by atoms with E-state index in [-0.39, 0.29) is 17.9 Å². The van der Waals surface area contributed by atoms with E-state index >= 15 is 0 Å². The number of carbonyl (C=O) groups is 4. The Bertz CT molecular complexity index is 3290. The van der Waals surface area contributed by atoms with Gasteiger partial charge < -0.3 is 34.7 Å². The molecule has 0 unspecified atom stereocenters. The number of rotatable bonds is 6. The largest absolute Gasteiger partial charge is 0.446 e. The van der Waals surface area contributed by atoms with Crippen molar-refractivity contribution in [2.45, 2.75) is 138 Å². The van der Waals surface area contributed by atoms with Crippen LogP contribution in [0.4, 0.5) is 18.0 Å². The third-order valence-electron chi connectivity index (χ3n) is 15.0. The summed E-state index contributed by atoms with van der Waals surface area (Å²) < 4.78 is 43.0. The van der Waals surface area contributed by atoms with Gasteiger partial charge in [-0.25, -0.2) is 14.8 Å². The smallest absolute Gasteiger partial charge is 0.444 e. The number of aryl methyl sites for hydroxylation is 4. The number of H-pyrrole nitrogens is 2. The summed E-state index contributed by atoms with van der Waals surface area (Å²) in [7, 11) is 0. The van der Waals surface area contributed by atoms with Crippen LogP contribution in [-0.2, 0) is 35.5 Å². The number of halogens is 3. The molecule has 3 N–H and O–H groups in total. The number of nitrogens with zero attached hydrogens (tertiary/aromatic N) is 7. The average molecular weight is 1110 g/mol. The van der Waals surface area contributed by atoms with Crippen molar-refractivity contribution in [2.75, 3.05) is 39.3 Å². The minimum atomic E-state index is -4.64. The Labute approximate surface area is 474 Å². The molecule has 2 saturated heterocycles. The molecule has 18 heteroatoms. The van der Waals surface area contributed by atoms with Gasteiger partial charge in [-0.2, -0.15) is 23.7 Å². The van der Waals surface area contributed by atoms with Crippen molar-refractivity contribution >= 4 is 24.2 Å². The molecule has 2 fully saturated rings. The van der Waals surface area contributed by atoms with Crippen LogP contribution in [-0.4, -0.2) is 110 Å². The maximum atomic E-state index is 13.7. The predicted molar refractivity (Wildman–Crippen MR) is 304 cm³/mol. The Kier molecular flexibility index (Phi) is 19.3. The number of ether oxygens (including phenoxy) is 1. The minimum Gasteiger partial charge on any atom is -0.444 e.